The summed E-state index contributed by atoms with van der Waals surface area (Å²) >= 11 is 0. The van der Waals surface area contributed by atoms with Crippen LogP contribution in [0.5, 0.6) is 11.5 Å². The minimum atomic E-state index is -1.51. The number of aliphatic hydroxyl groups excluding tert-OH is 2. The minimum Gasteiger partial charge on any atom is -0.458 e. The zero-order chi connectivity index (χ0) is 22.0. The maximum atomic E-state index is 13.2. The number of carbonyl (C=O) groups is 1. The SMILES string of the molecule is O=C1OCc2c(cc3n(c2=O)Cc2c-3nc3cc4c(cc3c2COCCO)OCO4)[C@@H]1O. The van der Waals surface area contributed by atoms with Gasteiger partial charge in [-0.1, -0.05) is 0 Å². The van der Waals surface area contributed by atoms with E-state index in [-0.39, 0.29) is 56.5 Å². The number of benzene rings is 1. The average Bonchev–Trinajstić information content (AvgIpc) is 3.39. The molecule has 6 rings (SSSR count). The molecule has 10 heteroatoms. The Hall–Kier alpha value is -3.47. The van der Waals surface area contributed by atoms with Crippen LogP contribution >= 0.6 is 0 Å². The van der Waals surface area contributed by atoms with Gasteiger partial charge in [-0.15, -0.1) is 0 Å². The van der Waals surface area contributed by atoms with E-state index >= 15 is 0 Å². The van der Waals surface area contributed by atoms with Crippen molar-refractivity contribution in [2.45, 2.75) is 25.9 Å². The topological polar surface area (TPSA) is 129 Å². The van der Waals surface area contributed by atoms with Gasteiger partial charge in [-0.05, 0) is 17.7 Å². The van der Waals surface area contributed by atoms with Crippen LogP contribution in [0.2, 0.25) is 0 Å². The summed E-state index contributed by atoms with van der Waals surface area (Å²) in [5.74, 6) is 0.396. The van der Waals surface area contributed by atoms with Gasteiger partial charge in [-0.25, -0.2) is 9.78 Å². The molecule has 5 heterocycles. The minimum absolute atomic E-state index is 0.115. The highest BCUT2D eigenvalue weighted by Crippen LogP contribution is 2.42. The van der Waals surface area contributed by atoms with Crippen molar-refractivity contribution in [2.75, 3.05) is 20.0 Å². The smallest absolute Gasteiger partial charge is 0.340 e. The van der Waals surface area contributed by atoms with Crippen molar-refractivity contribution in [1.82, 2.24) is 9.55 Å². The third-order valence-electron chi connectivity index (χ3n) is 6.05. The first-order valence-electron chi connectivity index (χ1n) is 10.1. The van der Waals surface area contributed by atoms with E-state index in [4.69, 9.17) is 29.0 Å². The maximum absolute atomic E-state index is 13.2. The number of aliphatic hydroxyl groups is 2. The number of nitrogens with zero attached hydrogens (tertiary/aromatic N) is 2. The fourth-order valence-electron chi connectivity index (χ4n) is 4.50. The molecule has 10 nitrogen and oxygen atoms in total. The summed E-state index contributed by atoms with van der Waals surface area (Å²) in [4.78, 5) is 29.8. The van der Waals surface area contributed by atoms with Crippen LogP contribution in [0, 0.1) is 0 Å². The van der Waals surface area contributed by atoms with Crippen LogP contribution in [0.1, 0.15) is 28.4 Å². The molecule has 0 amide bonds. The second-order valence-corrected chi connectivity index (χ2v) is 7.78. The molecule has 3 aliphatic rings. The van der Waals surface area contributed by atoms with Crippen LogP contribution in [-0.2, 0) is 34.0 Å². The van der Waals surface area contributed by atoms with E-state index in [9.17, 15) is 14.7 Å². The Morgan fingerprint density at radius 1 is 1.12 bits per heavy atom. The van der Waals surface area contributed by atoms with Crippen molar-refractivity contribution in [3.63, 3.8) is 0 Å². The standard InChI is InChI=1S/C22H18N2O8/c25-1-2-29-7-13-10-4-17-18(32-9-31-17)5-15(10)23-19-12(13)6-24-16(19)3-11-14(21(24)27)8-30-22(28)20(11)26/h3-5,20,25-26H,1-2,6-9H2/t20-/m0/s1. The first kappa shape index (κ1) is 19.2. The number of rotatable bonds is 4. The summed E-state index contributed by atoms with van der Waals surface area (Å²) in [6.45, 7) is 0.458. The molecule has 0 bridgehead atoms. The van der Waals surface area contributed by atoms with E-state index in [1.54, 1.807) is 16.7 Å². The summed E-state index contributed by atoms with van der Waals surface area (Å²) < 4.78 is 23.2. The number of carbonyl (C=O) groups excluding carboxylic acids is 1. The largest absolute Gasteiger partial charge is 0.458 e. The lowest BCUT2D eigenvalue weighted by molar-refractivity contribution is -0.157. The molecule has 0 radical (unpaired) electrons. The number of cyclic esters (lactones) is 1. The monoisotopic (exact) mass is 438 g/mol. The molecule has 1 atom stereocenters. The molecular formula is C22H18N2O8. The van der Waals surface area contributed by atoms with Crippen molar-refractivity contribution >= 4 is 16.9 Å². The summed E-state index contributed by atoms with van der Waals surface area (Å²) in [5, 5.41) is 20.2. The van der Waals surface area contributed by atoms with Gasteiger partial charge in [0.15, 0.2) is 17.6 Å². The van der Waals surface area contributed by atoms with Crippen molar-refractivity contribution in [3.8, 4) is 22.9 Å². The van der Waals surface area contributed by atoms with Gasteiger partial charge in [0, 0.05) is 22.6 Å². The van der Waals surface area contributed by atoms with Gasteiger partial charge in [0.2, 0.25) is 6.79 Å². The molecule has 0 unspecified atom stereocenters. The number of esters is 1. The Morgan fingerprint density at radius 2 is 1.94 bits per heavy atom. The normalized spacial score (nSPS) is 17.8. The molecule has 0 saturated carbocycles. The van der Waals surface area contributed by atoms with Gasteiger partial charge in [0.1, 0.15) is 6.61 Å². The Bertz CT molecular complexity index is 1360. The van der Waals surface area contributed by atoms with E-state index in [0.717, 1.165) is 16.5 Å². The highest BCUT2D eigenvalue weighted by atomic mass is 16.7. The second kappa shape index (κ2) is 7.02. The molecule has 0 saturated heterocycles. The number of aromatic nitrogens is 2. The summed E-state index contributed by atoms with van der Waals surface area (Å²) in [7, 11) is 0. The predicted octanol–water partition coefficient (Wildman–Crippen LogP) is 0.753. The van der Waals surface area contributed by atoms with E-state index in [1.165, 1.54) is 0 Å². The van der Waals surface area contributed by atoms with Crippen molar-refractivity contribution in [1.29, 1.82) is 0 Å². The number of hydrogen-bond acceptors (Lipinski definition) is 9. The third-order valence-corrected chi connectivity index (χ3v) is 6.05. The van der Waals surface area contributed by atoms with Crippen molar-refractivity contribution in [2.24, 2.45) is 0 Å². The highest BCUT2D eigenvalue weighted by Gasteiger charge is 2.35. The molecule has 0 spiro atoms. The molecule has 32 heavy (non-hydrogen) atoms. The van der Waals surface area contributed by atoms with Crippen LogP contribution in [0.3, 0.4) is 0 Å². The van der Waals surface area contributed by atoms with Gasteiger partial charge in [-0.2, -0.15) is 0 Å². The summed E-state index contributed by atoms with van der Waals surface area (Å²) in [6, 6.07) is 5.26. The van der Waals surface area contributed by atoms with E-state index < -0.39 is 12.1 Å². The van der Waals surface area contributed by atoms with Gasteiger partial charge in [0.05, 0.1) is 48.8 Å². The third kappa shape index (κ3) is 2.67. The van der Waals surface area contributed by atoms with E-state index in [2.05, 4.69) is 0 Å². The molecule has 1 aromatic carbocycles. The zero-order valence-electron chi connectivity index (χ0n) is 16.8. The first-order chi connectivity index (χ1) is 15.6. The second-order valence-electron chi connectivity index (χ2n) is 7.78. The first-order valence-corrected chi connectivity index (χ1v) is 10.1. The fraction of sp³-hybridized carbons (Fsp3) is 0.318. The molecule has 3 aromatic rings. The lowest BCUT2D eigenvalue weighted by Gasteiger charge is -2.21. The average molecular weight is 438 g/mol. The molecule has 3 aliphatic heterocycles. The van der Waals surface area contributed by atoms with Crippen LogP contribution in [0.25, 0.3) is 22.3 Å². The van der Waals surface area contributed by atoms with E-state index in [0.29, 0.717) is 28.4 Å². The van der Waals surface area contributed by atoms with Gasteiger partial charge in [-0.3, -0.25) is 4.79 Å². The van der Waals surface area contributed by atoms with Crippen molar-refractivity contribution in [3.05, 3.63) is 50.8 Å². The van der Waals surface area contributed by atoms with Gasteiger partial charge >= 0.3 is 5.97 Å². The Kier molecular flexibility index (Phi) is 4.22. The lowest BCUT2D eigenvalue weighted by atomic mass is 9.98. The van der Waals surface area contributed by atoms with Crippen LogP contribution in [-0.4, -0.2) is 45.7 Å². The van der Waals surface area contributed by atoms with E-state index in [1.807, 2.05) is 6.07 Å². The quantitative estimate of drug-likeness (QED) is 0.350. The lowest BCUT2D eigenvalue weighted by Crippen LogP contribution is -2.32. The zero-order valence-corrected chi connectivity index (χ0v) is 16.8. The number of fused-ring (bicyclic) bond motifs is 6. The van der Waals surface area contributed by atoms with Crippen LogP contribution < -0.4 is 15.0 Å². The predicted molar refractivity (Wildman–Crippen MR) is 108 cm³/mol. The number of ether oxygens (including phenoxy) is 4. The van der Waals surface area contributed by atoms with Gasteiger partial charge < -0.3 is 33.7 Å². The Balaban J connectivity index is 1.59. The number of pyridine rings is 2. The molecule has 2 aromatic heterocycles. The summed E-state index contributed by atoms with van der Waals surface area (Å²) in [5.41, 5.74) is 3.52. The van der Waals surface area contributed by atoms with Crippen LogP contribution in [0.4, 0.5) is 0 Å². The molecular weight excluding hydrogens is 420 g/mol. The Morgan fingerprint density at radius 3 is 2.75 bits per heavy atom. The molecule has 2 N–H and O–H groups in total. The maximum Gasteiger partial charge on any atom is 0.340 e. The molecule has 0 aliphatic carbocycles. The van der Waals surface area contributed by atoms with Crippen LogP contribution in [0.15, 0.2) is 23.0 Å². The van der Waals surface area contributed by atoms with Crippen molar-refractivity contribution < 1.29 is 34.0 Å². The highest BCUT2D eigenvalue weighted by molar-refractivity contribution is 5.91. The number of hydrogen-bond donors (Lipinski definition) is 2. The summed E-state index contributed by atoms with van der Waals surface area (Å²) in [6.07, 6.45) is -1.51. The fourth-order valence-corrected chi connectivity index (χ4v) is 4.50. The molecule has 0 fully saturated rings. The Labute approximate surface area is 180 Å². The molecule has 164 valence electrons. The van der Waals surface area contributed by atoms with Gasteiger partial charge in [0.25, 0.3) is 5.56 Å².